The quantitative estimate of drug-likeness (QED) is 0.0607. The second-order valence-electron chi connectivity index (χ2n) is 13.6. The van der Waals surface area contributed by atoms with E-state index in [1.807, 2.05) is 57.2 Å². The minimum atomic E-state index is -0.464. The average Bonchev–Trinajstić information content (AvgIpc) is 3.39. The lowest BCUT2D eigenvalue weighted by Crippen LogP contribution is -2.10. The molecule has 0 spiro atoms. The van der Waals surface area contributed by atoms with E-state index in [0.717, 1.165) is 79.0 Å². The van der Waals surface area contributed by atoms with Crippen LogP contribution in [0.3, 0.4) is 0 Å². The lowest BCUT2D eigenvalue weighted by Gasteiger charge is -2.17. The largest absolute Gasteiger partial charge is 0.340 e. The van der Waals surface area contributed by atoms with Crippen molar-refractivity contribution in [3.8, 4) is 0 Å². The molecule has 1 unspecified atom stereocenters. The highest BCUT2D eigenvalue weighted by Crippen LogP contribution is 2.38. The summed E-state index contributed by atoms with van der Waals surface area (Å²) in [6.45, 7) is 15.0. The van der Waals surface area contributed by atoms with Gasteiger partial charge in [0.15, 0.2) is 5.78 Å². The average molecular weight is 651 g/mol. The van der Waals surface area contributed by atoms with Gasteiger partial charge in [-0.15, -0.1) is 0 Å². The monoisotopic (exact) mass is 650 g/mol. The van der Waals surface area contributed by atoms with Gasteiger partial charge in [0.2, 0.25) is 0 Å². The van der Waals surface area contributed by atoms with Gasteiger partial charge in [0.05, 0.1) is 0 Å². The molecule has 5 heteroatoms. The van der Waals surface area contributed by atoms with E-state index in [1.165, 1.54) is 31.7 Å². The molecule has 1 heterocycles. The van der Waals surface area contributed by atoms with Gasteiger partial charge in [-0.3, -0.25) is 4.79 Å². The molecule has 0 saturated heterocycles. The normalized spacial score (nSPS) is 12.6. The summed E-state index contributed by atoms with van der Waals surface area (Å²) in [6.07, 6.45) is 4.70. The first-order valence-corrected chi connectivity index (χ1v) is 17.5. The van der Waals surface area contributed by atoms with Crippen molar-refractivity contribution < 1.29 is 14.4 Å². The Morgan fingerprint density at radius 2 is 1.49 bits per heavy atom. The second kappa shape index (κ2) is 14.2. The van der Waals surface area contributed by atoms with Gasteiger partial charge < -0.3 is 9.40 Å². The van der Waals surface area contributed by atoms with Crippen LogP contribution >= 0.6 is 0 Å². The Balaban J connectivity index is 1.58. The number of carbonyl (C=O) groups is 2. The van der Waals surface area contributed by atoms with Crippen molar-refractivity contribution in [2.75, 3.05) is 0 Å². The molecule has 1 aromatic heterocycles. The predicted octanol–water partition coefficient (Wildman–Crippen LogP) is 10.9. The summed E-state index contributed by atoms with van der Waals surface area (Å²) in [5.41, 5.74) is 10.4. The summed E-state index contributed by atoms with van der Waals surface area (Å²) in [5.74, 6) is 0.143. The molecule has 0 fully saturated rings. The Morgan fingerprint density at radius 3 is 2.18 bits per heavy atom. The van der Waals surface area contributed by atoms with E-state index in [-0.39, 0.29) is 5.78 Å². The van der Waals surface area contributed by atoms with Gasteiger partial charge >= 0.3 is 5.97 Å². The first-order valence-electron chi connectivity index (χ1n) is 17.5. The molecule has 250 valence electrons. The number of oxime groups is 1. The van der Waals surface area contributed by atoms with E-state index < -0.39 is 5.97 Å². The number of rotatable bonds is 11. The van der Waals surface area contributed by atoms with Crippen molar-refractivity contribution in [1.82, 2.24) is 4.57 Å². The van der Waals surface area contributed by atoms with Gasteiger partial charge in [-0.2, -0.15) is 0 Å². The van der Waals surface area contributed by atoms with Crippen LogP contribution in [-0.4, -0.2) is 22.0 Å². The number of aryl methyl sites for hydroxylation is 4. The predicted molar refractivity (Wildman–Crippen MR) is 203 cm³/mol. The third-order valence-electron chi connectivity index (χ3n) is 9.93. The first kappa shape index (κ1) is 33.9. The fraction of sp³-hybridized carbons (Fsp3) is 0.295. The highest BCUT2D eigenvalue weighted by molar-refractivity contribution is 6.24. The molecule has 0 aliphatic carbocycles. The number of fused-ring (bicyclic) bond motifs is 5. The molecule has 0 aliphatic heterocycles. The van der Waals surface area contributed by atoms with Crippen LogP contribution in [0.25, 0.3) is 32.6 Å². The van der Waals surface area contributed by atoms with Crippen LogP contribution in [0.15, 0.2) is 90.1 Å². The molecule has 6 aromatic rings. The van der Waals surface area contributed by atoms with Crippen LogP contribution in [0.5, 0.6) is 0 Å². The van der Waals surface area contributed by atoms with Crippen molar-refractivity contribution in [1.29, 1.82) is 0 Å². The van der Waals surface area contributed by atoms with E-state index in [1.54, 1.807) is 0 Å². The topological polar surface area (TPSA) is 60.7 Å². The van der Waals surface area contributed by atoms with Crippen LogP contribution < -0.4 is 0 Å². The van der Waals surface area contributed by atoms with Crippen molar-refractivity contribution >= 4 is 50.0 Å². The van der Waals surface area contributed by atoms with Gasteiger partial charge in [0.1, 0.15) is 5.71 Å². The van der Waals surface area contributed by atoms with Crippen LogP contribution in [0.4, 0.5) is 0 Å². The summed E-state index contributed by atoms with van der Waals surface area (Å²) in [7, 11) is 0. The summed E-state index contributed by atoms with van der Waals surface area (Å²) in [4.78, 5) is 31.1. The maximum atomic E-state index is 13.9. The van der Waals surface area contributed by atoms with E-state index in [9.17, 15) is 9.59 Å². The van der Waals surface area contributed by atoms with E-state index in [2.05, 4.69) is 79.0 Å². The minimum Gasteiger partial charge on any atom is -0.340 e. The Labute approximate surface area is 289 Å². The van der Waals surface area contributed by atoms with Crippen LogP contribution in [0.2, 0.25) is 0 Å². The van der Waals surface area contributed by atoms with E-state index in [0.29, 0.717) is 17.2 Å². The maximum Gasteiger partial charge on any atom is 0.332 e. The van der Waals surface area contributed by atoms with Crippen molar-refractivity contribution in [3.63, 3.8) is 0 Å². The SMILES string of the molecule is CCCCC(CC)Cn1c2ccc(/C(=N\OC(C)=O)c3ccccc3C)cc2c2c3ccc(C(=O)c4c(C)cc(C)cc4C)cc3ccc21. The Bertz CT molecular complexity index is 2230. The van der Waals surface area contributed by atoms with E-state index in [4.69, 9.17) is 4.84 Å². The van der Waals surface area contributed by atoms with Crippen molar-refractivity contribution in [3.05, 3.63) is 129 Å². The first-order chi connectivity index (χ1) is 23.6. The Morgan fingerprint density at radius 1 is 0.776 bits per heavy atom. The number of carbonyl (C=O) groups excluding carboxylic acids is 2. The zero-order valence-corrected chi connectivity index (χ0v) is 29.8. The number of unbranched alkanes of at least 4 members (excludes halogenated alkanes) is 1. The smallest absolute Gasteiger partial charge is 0.332 e. The molecule has 0 saturated carbocycles. The van der Waals surface area contributed by atoms with Gasteiger partial charge in [-0.1, -0.05) is 104 Å². The van der Waals surface area contributed by atoms with Gasteiger partial charge in [-0.25, -0.2) is 4.79 Å². The van der Waals surface area contributed by atoms with E-state index >= 15 is 0 Å². The molecule has 0 radical (unpaired) electrons. The third kappa shape index (κ3) is 6.67. The summed E-state index contributed by atoms with van der Waals surface area (Å²) in [6, 6.07) is 29.2. The lowest BCUT2D eigenvalue weighted by atomic mass is 9.91. The molecular weight excluding hydrogens is 604 g/mol. The summed E-state index contributed by atoms with van der Waals surface area (Å²) >= 11 is 0. The standard InChI is InChI=1S/C44H46N2O3/c1-8-10-14-32(9-2)26-46-39-20-18-34(43(45-49-31(7)47)36-15-12-11-13-28(36)4)25-38(39)42-37-19-16-35(24-33(37)17-21-40(42)46)44(48)41-29(5)22-27(3)23-30(41)6/h11-13,15-25,32H,8-10,14,26H2,1-7H3/b45-43+. The highest BCUT2D eigenvalue weighted by atomic mass is 16.7. The Hall–Kier alpha value is -5.03. The van der Waals surface area contributed by atoms with Crippen LogP contribution in [0.1, 0.15) is 95.8 Å². The Kier molecular flexibility index (Phi) is 9.82. The van der Waals surface area contributed by atoms with Crippen molar-refractivity contribution in [2.45, 2.75) is 80.7 Å². The summed E-state index contributed by atoms with van der Waals surface area (Å²) < 4.78 is 2.48. The molecule has 6 rings (SSSR count). The van der Waals surface area contributed by atoms with Gasteiger partial charge in [0, 0.05) is 57.5 Å². The van der Waals surface area contributed by atoms with Gasteiger partial charge in [-0.05, 0) is 91.8 Å². The van der Waals surface area contributed by atoms with Crippen LogP contribution in [-0.2, 0) is 16.2 Å². The zero-order valence-electron chi connectivity index (χ0n) is 29.8. The number of nitrogens with zero attached hydrogens (tertiary/aromatic N) is 2. The zero-order chi connectivity index (χ0) is 34.8. The number of hydrogen-bond acceptors (Lipinski definition) is 4. The number of benzene rings is 5. The molecular formula is C44H46N2O3. The van der Waals surface area contributed by atoms with Crippen LogP contribution in [0, 0.1) is 33.6 Å². The minimum absolute atomic E-state index is 0.0491. The molecule has 1 atom stereocenters. The number of ketones is 1. The number of hydrogen-bond donors (Lipinski definition) is 0. The fourth-order valence-corrected chi connectivity index (χ4v) is 7.48. The fourth-order valence-electron chi connectivity index (χ4n) is 7.48. The number of aromatic nitrogens is 1. The van der Waals surface area contributed by atoms with Crippen molar-refractivity contribution in [2.24, 2.45) is 11.1 Å². The third-order valence-corrected chi connectivity index (χ3v) is 9.93. The molecule has 5 aromatic carbocycles. The molecule has 0 aliphatic rings. The highest BCUT2D eigenvalue weighted by Gasteiger charge is 2.21. The molecule has 0 amide bonds. The molecule has 49 heavy (non-hydrogen) atoms. The molecule has 0 bridgehead atoms. The maximum absolute atomic E-state index is 13.9. The summed E-state index contributed by atoms with van der Waals surface area (Å²) in [5, 5.41) is 8.76. The molecule has 5 nitrogen and oxygen atoms in total. The lowest BCUT2D eigenvalue weighted by molar-refractivity contribution is -0.140. The van der Waals surface area contributed by atoms with Gasteiger partial charge in [0.25, 0.3) is 0 Å². The molecule has 0 N–H and O–H groups in total. The second-order valence-corrected chi connectivity index (χ2v) is 13.6.